The van der Waals surface area contributed by atoms with Crippen molar-refractivity contribution in [3.8, 4) is 0 Å². The summed E-state index contributed by atoms with van der Waals surface area (Å²) in [5, 5.41) is 3.51. The maximum Gasteiger partial charge on any atom is 0.0412 e. The van der Waals surface area contributed by atoms with Crippen molar-refractivity contribution in [1.29, 1.82) is 0 Å². The molecule has 0 spiro atoms. The molecule has 1 saturated carbocycles. The SMILES string of the molecule is CSc1ccc2c(c1)C(=C1CC1)NC2. The van der Waals surface area contributed by atoms with Crippen molar-refractivity contribution in [2.45, 2.75) is 24.3 Å². The topological polar surface area (TPSA) is 12.0 Å². The van der Waals surface area contributed by atoms with Crippen LogP contribution in [0.1, 0.15) is 24.0 Å². The summed E-state index contributed by atoms with van der Waals surface area (Å²) in [6.45, 7) is 1.02. The highest BCUT2D eigenvalue weighted by atomic mass is 32.2. The minimum atomic E-state index is 1.02. The first-order valence-corrected chi connectivity index (χ1v) is 6.24. The largest absolute Gasteiger partial charge is 0.380 e. The average molecular weight is 203 g/mol. The second kappa shape index (κ2) is 3.06. The van der Waals surface area contributed by atoms with Gasteiger partial charge in [-0.05, 0) is 42.4 Å². The summed E-state index contributed by atoms with van der Waals surface area (Å²) >= 11 is 1.82. The number of benzene rings is 1. The van der Waals surface area contributed by atoms with E-state index in [1.807, 2.05) is 11.8 Å². The van der Waals surface area contributed by atoms with E-state index in [2.05, 4.69) is 29.8 Å². The van der Waals surface area contributed by atoms with E-state index >= 15 is 0 Å². The van der Waals surface area contributed by atoms with Crippen LogP contribution in [0.2, 0.25) is 0 Å². The molecule has 1 aromatic carbocycles. The second-order valence-corrected chi connectivity index (χ2v) is 4.73. The first-order chi connectivity index (χ1) is 6.88. The van der Waals surface area contributed by atoms with Crippen LogP contribution in [0.4, 0.5) is 0 Å². The Hall–Kier alpha value is -0.890. The second-order valence-electron chi connectivity index (χ2n) is 3.86. The summed E-state index contributed by atoms with van der Waals surface area (Å²) in [5.41, 5.74) is 5.94. The van der Waals surface area contributed by atoms with Gasteiger partial charge in [0.2, 0.25) is 0 Å². The molecule has 0 aromatic heterocycles. The van der Waals surface area contributed by atoms with E-state index in [-0.39, 0.29) is 0 Å². The molecule has 1 heterocycles. The van der Waals surface area contributed by atoms with Gasteiger partial charge in [-0.25, -0.2) is 0 Å². The van der Waals surface area contributed by atoms with E-state index in [1.165, 1.54) is 34.6 Å². The van der Waals surface area contributed by atoms with E-state index in [4.69, 9.17) is 0 Å². The van der Waals surface area contributed by atoms with Crippen molar-refractivity contribution in [1.82, 2.24) is 5.32 Å². The Kier molecular flexibility index (Phi) is 1.84. The van der Waals surface area contributed by atoms with Crippen molar-refractivity contribution < 1.29 is 0 Å². The number of thioether (sulfide) groups is 1. The van der Waals surface area contributed by atoms with E-state index in [0.29, 0.717) is 0 Å². The van der Waals surface area contributed by atoms with E-state index in [0.717, 1.165) is 6.54 Å². The standard InChI is InChI=1S/C12H13NS/c1-14-10-5-4-9-7-13-12(8-2-3-8)11(9)6-10/h4-6,13H,2-3,7H2,1H3. The zero-order valence-corrected chi connectivity index (χ0v) is 9.08. The van der Waals surface area contributed by atoms with Crippen molar-refractivity contribution in [3.63, 3.8) is 0 Å². The molecule has 0 bridgehead atoms. The number of hydrogen-bond donors (Lipinski definition) is 1. The lowest BCUT2D eigenvalue weighted by molar-refractivity contribution is 0.941. The van der Waals surface area contributed by atoms with Gasteiger partial charge < -0.3 is 5.32 Å². The number of fused-ring (bicyclic) bond motifs is 1. The Bertz CT molecular complexity index is 414. The highest BCUT2D eigenvalue weighted by Crippen LogP contribution is 2.39. The zero-order valence-electron chi connectivity index (χ0n) is 8.26. The summed E-state index contributed by atoms with van der Waals surface area (Å²) in [6.07, 6.45) is 4.73. The Morgan fingerprint density at radius 2 is 2.14 bits per heavy atom. The number of hydrogen-bond acceptors (Lipinski definition) is 2. The van der Waals surface area contributed by atoms with Crippen molar-refractivity contribution in [3.05, 3.63) is 34.9 Å². The van der Waals surface area contributed by atoms with Crippen LogP contribution >= 0.6 is 11.8 Å². The molecular weight excluding hydrogens is 190 g/mol. The fraction of sp³-hybridized carbons (Fsp3) is 0.333. The van der Waals surface area contributed by atoms with E-state index in [9.17, 15) is 0 Å². The van der Waals surface area contributed by atoms with Crippen LogP contribution in [-0.2, 0) is 6.54 Å². The van der Waals surface area contributed by atoms with E-state index < -0.39 is 0 Å². The van der Waals surface area contributed by atoms with Crippen LogP contribution in [0.3, 0.4) is 0 Å². The third-order valence-corrected chi connectivity index (χ3v) is 3.62. The molecule has 14 heavy (non-hydrogen) atoms. The first-order valence-electron chi connectivity index (χ1n) is 5.01. The zero-order chi connectivity index (χ0) is 9.54. The summed E-state index contributed by atoms with van der Waals surface area (Å²) in [4.78, 5) is 1.37. The molecule has 1 aliphatic heterocycles. The van der Waals surface area contributed by atoms with Gasteiger partial charge in [0.15, 0.2) is 0 Å². The van der Waals surface area contributed by atoms with Crippen molar-refractivity contribution in [2.24, 2.45) is 0 Å². The fourth-order valence-corrected chi connectivity index (χ4v) is 2.42. The molecule has 0 saturated heterocycles. The van der Waals surface area contributed by atoms with Gasteiger partial charge in [-0.2, -0.15) is 0 Å². The average Bonchev–Trinajstić information content (AvgIpc) is 2.98. The maximum atomic E-state index is 3.51. The molecule has 1 aromatic rings. The molecular formula is C12H13NS. The summed E-state index contributed by atoms with van der Waals surface area (Å²) in [5.74, 6) is 0. The molecule has 1 N–H and O–H groups in total. The monoisotopic (exact) mass is 203 g/mol. The molecule has 0 amide bonds. The van der Waals surface area contributed by atoms with Crippen molar-refractivity contribution in [2.75, 3.05) is 6.26 Å². The molecule has 1 aliphatic carbocycles. The van der Waals surface area contributed by atoms with Gasteiger partial charge in [0.25, 0.3) is 0 Å². The third-order valence-electron chi connectivity index (χ3n) is 2.90. The van der Waals surface area contributed by atoms with E-state index in [1.54, 1.807) is 5.57 Å². The third kappa shape index (κ3) is 1.25. The van der Waals surface area contributed by atoms with Crippen LogP contribution in [0.5, 0.6) is 0 Å². The molecule has 0 radical (unpaired) electrons. The summed E-state index contributed by atoms with van der Waals surface area (Å²) in [7, 11) is 0. The highest BCUT2D eigenvalue weighted by molar-refractivity contribution is 7.98. The summed E-state index contributed by atoms with van der Waals surface area (Å²) < 4.78 is 0. The summed E-state index contributed by atoms with van der Waals surface area (Å²) in [6, 6.07) is 6.79. The van der Waals surface area contributed by atoms with Gasteiger partial charge in [-0.15, -0.1) is 11.8 Å². The fourth-order valence-electron chi connectivity index (χ4n) is 1.98. The Morgan fingerprint density at radius 3 is 2.86 bits per heavy atom. The predicted molar refractivity (Wildman–Crippen MR) is 61.2 cm³/mol. The quantitative estimate of drug-likeness (QED) is 0.704. The van der Waals surface area contributed by atoms with Gasteiger partial charge >= 0.3 is 0 Å². The lowest BCUT2D eigenvalue weighted by Gasteiger charge is -2.02. The maximum absolute atomic E-state index is 3.51. The van der Waals surface area contributed by atoms with Gasteiger partial charge in [0, 0.05) is 22.7 Å². The minimum absolute atomic E-state index is 1.02. The normalized spacial score (nSPS) is 18.1. The number of allylic oxidation sites excluding steroid dienone is 1. The van der Waals surface area contributed by atoms with Gasteiger partial charge in [-0.1, -0.05) is 6.07 Å². The highest BCUT2D eigenvalue weighted by Gasteiger charge is 2.24. The molecule has 0 atom stereocenters. The van der Waals surface area contributed by atoms with Crippen LogP contribution in [0, 0.1) is 0 Å². The van der Waals surface area contributed by atoms with Crippen LogP contribution < -0.4 is 5.32 Å². The lowest BCUT2D eigenvalue weighted by atomic mass is 10.1. The molecule has 1 fully saturated rings. The smallest absolute Gasteiger partial charge is 0.0412 e. The number of nitrogens with one attached hydrogen (secondary N) is 1. The predicted octanol–water partition coefficient (Wildman–Crippen LogP) is 3.02. The lowest BCUT2D eigenvalue weighted by Crippen LogP contribution is -2.00. The van der Waals surface area contributed by atoms with Crippen molar-refractivity contribution >= 4 is 17.5 Å². The first kappa shape index (κ1) is 8.42. The number of rotatable bonds is 1. The molecule has 72 valence electrons. The Balaban J connectivity index is 2.12. The molecule has 0 unspecified atom stereocenters. The van der Waals surface area contributed by atoms with Crippen LogP contribution in [0.15, 0.2) is 28.7 Å². The molecule has 2 heteroatoms. The molecule has 3 rings (SSSR count). The van der Waals surface area contributed by atoms with Gasteiger partial charge in [0.05, 0.1) is 0 Å². The van der Waals surface area contributed by atoms with Gasteiger partial charge in [-0.3, -0.25) is 0 Å². The minimum Gasteiger partial charge on any atom is -0.380 e. The van der Waals surface area contributed by atoms with Crippen LogP contribution in [-0.4, -0.2) is 6.26 Å². The van der Waals surface area contributed by atoms with Crippen LogP contribution in [0.25, 0.3) is 5.70 Å². The Morgan fingerprint density at radius 1 is 1.29 bits per heavy atom. The molecule has 2 aliphatic rings. The van der Waals surface area contributed by atoms with Gasteiger partial charge in [0.1, 0.15) is 0 Å². The molecule has 1 nitrogen and oxygen atoms in total. The Labute approximate surface area is 88.6 Å².